The second-order valence-electron chi connectivity index (χ2n) is 8.06. The maximum atomic E-state index is 13.5. The number of nitrogens with one attached hydrogen (secondary N) is 1. The van der Waals surface area contributed by atoms with Crippen molar-refractivity contribution in [2.75, 3.05) is 38.8 Å². The van der Waals surface area contributed by atoms with Crippen molar-refractivity contribution in [3.63, 3.8) is 0 Å². The average molecular weight is 539 g/mol. The predicted molar refractivity (Wildman–Crippen MR) is 131 cm³/mol. The van der Waals surface area contributed by atoms with Crippen LogP contribution in [0.2, 0.25) is 5.02 Å². The van der Waals surface area contributed by atoms with Crippen LogP contribution in [0.3, 0.4) is 0 Å². The van der Waals surface area contributed by atoms with E-state index in [0.29, 0.717) is 47.1 Å². The number of ether oxygens (including phenoxy) is 4. The van der Waals surface area contributed by atoms with Gasteiger partial charge in [-0.2, -0.15) is 0 Å². The number of hydrogen-bond donors (Lipinski definition) is 1. The number of para-hydroxylation sites is 1. The lowest BCUT2D eigenvalue weighted by atomic mass is 10.1. The van der Waals surface area contributed by atoms with Crippen LogP contribution in [0.5, 0.6) is 11.5 Å². The smallest absolute Gasteiger partial charge is 0.243 e. The number of benzene rings is 1. The summed E-state index contributed by atoms with van der Waals surface area (Å²) in [6.07, 6.45) is 2.27. The first-order valence-electron chi connectivity index (χ1n) is 11.1. The fourth-order valence-corrected chi connectivity index (χ4v) is 5.07. The van der Waals surface area contributed by atoms with Gasteiger partial charge in [0, 0.05) is 18.3 Å². The Morgan fingerprint density at radius 3 is 2.36 bits per heavy atom. The molecule has 1 fully saturated rings. The number of hydrogen-bond acceptors (Lipinski definition) is 10. The van der Waals surface area contributed by atoms with Crippen LogP contribution in [0.15, 0.2) is 30.6 Å². The number of halogens is 1. The molecule has 0 amide bonds. The fraction of sp³-hybridized carbons (Fsp3) is 0.455. The largest absolute Gasteiger partial charge is 0.494 e. The SMILES string of the molecule is COc1cccc(OC)c1-n1c(NS(=O)(=O)[C@@H](C)[C@H](C)c2ncc(Cl)cn2)nnc1[C@@H]1COCCO1. The molecule has 14 heteroatoms. The molecule has 3 atom stereocenters. The minimum atomic E-state index is -4.00. The molecule has 12 nitrogen and oxygen atoms in total. The van der Waals surface area contributed by atoms with E-state index < -0.39 is 27.3 Å². The molecule has 3 heterocycles. The summed E-state index contributed by atoms with van der Waals surface area (Å²) in [5.74, 6) is 0.909. The number of aromatic nitrogens is 5. The topological polar surface area (TPSA) is 140 Å². The molecule has 1 aliphatic rings. The van der Waals surface area contributed by atoms with Crippen molar-refractivity contribution >= 4 is 27.6 Å². The fourth-order valence-electron chi connectivity index (χ4n) is 3.74. The van der Waals surface area contributed by atoms with Crippen molar-refractivity contribution in [2.24, 2.45) is 0 Å². The molecule has 1 aliphatic heterocycles. The molecule has 1 saturated heterocycles. The first kappa shape index (κ1) is 26.1. The summed E-state index contributed by atoms with van der Waals surface area (Å²) in [7, 11) is -0.993. The van der Waals surface area contributed by atoms with Crippen LogP contribution >= 0.6 is 11.6 Å². The van der Waals surface area contributed by atoms with E-state index in [1.54, 1.807) is 32.0 Å². The minimum absolute atomic E-state index is 0.0574. The lowest BCUT2D eigenvalue weighted by molar-refractivity contribution is -0.0941. The molecule has 1 N–H and O–H groups in total. The molecule has 0 bridgehead atoms. The standard InChI is InChI=1S/C22H27ClN6O6S/c1-13(20-24-10-15(23)11-25-20)14(2)36(30,31)28-22-27-26-21(18-12-34-8-9-35-18)29(22)19-16(32-3)6-5-7-17(19)33-4/h5-7,10-11,13-14,18H,8-9,12H2,1-4H3,(H,27,28)/t13-,14-,18-/m0/s1. The van der Waals surface area contributed by atoms with Gasteiger partial charge in [-0.25, -0.2) is 18.4 Å². The van der Waals surface area contributed by atoms with Gasteiger partial charge in [-0.15, -0.1) is 10.2 Å². The number of anilines is 1. The highest BCUT2D eigenvalue weighted by molar-refractivity contribution is 7.93. The van der Waals surface area contributed by atoms with E-state index in [1.807, 2.05) is 0 Å². The minimum Gasteiger partial charge on any atom is -0.494 e. The zero-order chi connectivity index (χ0) is 25.9. The third-order valence-electron chi connectivity index (χ3n) is 5.89. The summed E-state index contributed by atoms with van der Waals surface area (Å²) in [6.45, 7) is 4.32. The van der Waals surface area contributed by atoms with Crippen LogP contribution < -0.4 is 14.2 Å². The molecule has 0 spiro atoms. The third-order valence-corrected chi connectivity index (χ3v) is 7.94. The molecule has 4 rings (SSSR count). The Morgan fingerprint density at radius 2 is 1.78 bits per heavy atom. The van der Waals surface area contributed by atoms with Crippen molar-refractivity contribution in [1.82, 2.24) is 24.7 Å². The zero-order valence-electron chi connectivity index (χ0n) is 20.2. The maximum Gasteiger partial charge on any atom is 0.243 e. The van der Waals surface area contributed by atoms with Gasteiger partial charge >= 0.3 is 0 Å². The van der Waals surface area contributed by atoms with Crippen molar-refractivity contribution in [1.29, 1.82) is 0 Å². The Bertz CT molecular complexity index is 1270. The third kappa shape index (κ3) is 5.24. The molecule has 2 aromatic heterocycles. The molecular formula is C22H27ClN6O6S. The van der Waals surface area contributed by atoms with E-state index >= 15 is 0 Å². The van der Waals surface area contributed by atoms with Gasteiger partial charge in [0.05, 0.1) is 44.3 Å². The Kier molecular flexibility index (Phi) is 7.93. The van der Waals surface area contributed by atoms with Crippen LogP contribution in [0.4, 0.5) is 5.95 Å². The number of methoxy groups -OCH3 is 2. The lowest BCUT2D eigenvalue weighted by Gasteiger charge is -2.25. The van der Waals surface area contributed by atoms with Crippen LogP contribution in [-0.4, -0.2) is 72.4 Å². The summed E-state index contributed by atoms with van der Waals surface area (Å²) in [5.41, 5.74) is 0.413. The monoisotopic (exact) mass is 538 g/mol. The van der Waals surface area contributed by atoms with E-state index in [1.165, 1.54) is 31.2 Å². The Morgan fingerprint density at radius 1 is 1.11 bits per heavy atom. The molecule has 0 saturated carbocycles. The summed E-state index contributed by atoms with van der Waals surface area (Å²) in [5, 5.41) is 7.84. The van der Waals surface area contributed by atoms with E-state index in [4.69, 9.17) is 30.5 Å². The van der Waals surface area contributed by atoms with E-state index in [9.17, 15) is 8.42 Å². The van der Waals surface area contributed by atoms with Gasteiger partial charge in [-0.05, 0) is 19.1 Å². The van der Waals surface area contributed by atoms with Gasteiger partial charge in [0.25, 0.3) is 0 Å². The molecule has 1 aromatic carbocycles. The Balaban J connectivity index is 1.77. The highest BCUT2D eigenvalue weighted by atomic mass is 35.5. The maximum absolute atomic E-state index is 13.5. The normalized spacial score (nSPS) is 17.9. The summed E-state index contributed by atoms with van der Waals surface area (Å²) >= 11 is 5.87. The summed E-state index contributed by atoms with van der Waals surface area (Å²) in [6, 6.07) is 5.20. The molecule has 0 unspecified atom stereocenters. The lowest BCUT2D eigenvalue weighted by Crippen LogP contribution is -2.32. The molecule has 0 aliphatic carbocycles. The second kappa shape index (κ2) is 10.9. The van der Waals surface area contributed by atoms with Crippen molar-refractivity contribution in [3.05, 3.63) is 47.3 Å². The first-order valence-corrected chi connectivity index (χ1v) is 13.0. The van der Waals surface area contributed by atoms with Gasteiger partial charge < -0.3 is 18.9 Å². The van der Waals surface area contributed by atoms with Gasteiger partial charge in [-0.1, -0.05) is 24.6 Å². The van der Waals surface area contributed by atoms with Crippen LogP contribution in [-0.2, 0) is 19.5 Å². The van der Waals surface area contributed by atoms with Gasteiger partial charge in [0.2, 0.25) is 16.0 Å². The van der Waals surface area contributed by atoms with E-state index in [2.05, 4.69) is 24.9 Å². The quantitative estimate of drug-likeness (QED) is 0.432. The summed E-state index contributed by atoms with van der Waals surface area (Å²) < 4.78 is 53.5. The van der Waals surface area contributed by atoms with Crippen molar-refractivity contribution in [3.8, 4) is 17.2 Å². The van der Waals surface area contributed by atoms with E-state index in [-0.39, 0.29) is 12.6 Å². The molecule has 36 heavy (non-hydrogen) atoms. The zero-order valence-corrected chi connectivity index (χ0v) is 21.8. The molecule has 194 valence electrons. The van der Waals surface area contributed by atoms with Crippen molar-refractivity contribution < 1.29 is 27.4 Å². The number of rotatable bonds is 9. The Hall–Kier alpha value is -3.00. The second-order valence-corrected chi connectivity index (χ2v) is 10.5. The molecule has 0 radical (unpaired) electrons. The van der Waals surface area contributed by atoms with Crippen LogP contribution in [0, 0.1) is 0 Å². The summed E-state index contributed by atoms with van der Waals surface area (Å²) in [4.78, 5) is 8.33. The van der Waals surface area contributed by atoms with Crippen LogP contribution in [0.1, 0.15) is 37.5 Å². The predicted octanol–water partition coefficient (Wildman–Crippen LogP) is 2.75. The van der Waals surface area contributed by atoms with Gasteiger partial charge in [0.1, 0.15) is 29.1 Å². The van der Waals surface area contributed by atoms with Crippen molar-refractivity contribution in [2.45, 2.75) is 31.1 Å². The van der Waals surface area contributed by atoms with Crippen LogP contribution in [0.25, 0.3) is 5.69 Å². The highest BCUT2D eigenvalue weighted by Crippen LogP contribution is 2.37. The number of nitrogens with zero attached hydrogens (tertiary/aromatic N) is 5. The van der Waals surface area contributed by atoms with Gasteiger partial charge in [-0.3, -0.25) is 9.29 Å². The first-order chi connectivity index (χ1) is 17.3. The van der Waals surface area contributed by atoms with Gasteiger partial charge in [0.15, 0.2) is 5.82 Å². The molecular weight excluding hydrogens is 512 g/mol. The average Bonchev–Trinajstić information content (AvgIpc) is 3.30. The Labute approximate surface area is 214 Å². The number of sulfonamides is 1. The molecule has 3 aromatic rings. The highest BCUT2D eigenvalue weighted by Gasteiger charge is 2.34. The van der Waals surface area contributed by atoms with E-state index in [0.717, 1.165) is 0 Å².